The Morgan fingerprint density at radius 1 is 1.32 bits per heavy atom. The highest BCUT2D eigenvalue weighted by atomic mass is 32.1. The molecule has 1 aromatic carbocycles. The molecule has 3 rings (SSSR count). The lowest BCUT2D eigenvalue weighted by atomic mass is 10.1. The molecule has 1 aromatic heterocycles. The average Bonchev–Trinajstić information content (AvgIpc) is 2.76. The summed E-state index contributed by atoms with van der Waals surface area (Å²) < 4.78 is 18.4. The Labute approximate surface area is 150 Å². The minimum absolute atomic E-state index is 0.141. The number of hydrogen-bond acceptors (Lipinski definition) is 4. The van der Waals surface area contributed by atoms with Gasteiger partial charge in [-0.1, -0.05) is 12.1 Å². The summed E-state index contributed by atoms with van der Waals surface area (Å²) in [6.07, 6.45) is 3.40. The maximum absolute atomic E-state index is 13.0. The second-order valence-corrected chi connectivity index (χ2v) is 7.25. The lowest BCUT2D eigenvalue weighted by Gasteiger charge is -2.15. The Morgan fingerprint density at radius 3 is 2.92 bits per heavy atom. The molecule has 134 valence electrons. The van der Waals surface area contributed by atoms with Gasteiger partial charge in [-0.05, 0) is 43.9 Å². The largest absolute Gasteiger partial charge is 0.381 e. The molecule has 5 nitrogen and oxygen atoms in total. The number of anilines is 1. The van der Waals surface area contributed by atoms with E-state index >= 15 is 0 Å². The van der Waals surface area contributed by atoms with Crippen molar-refractivity contribution in [3.63, 3.8) is 0 Å². The zero-order valence-electron chi connectivity index (χ0n) is 14.2. The number of nitrogens with zero attached hydrogens (tertiary/aromatic N) is 1. The van der Waals surface area contributed by atoms with E-state index < -0.39 is 0 Å². The Kier molecular flexibility index (Phi) is 5.99. The topological polar surface area (TPSA) is 63.2 Å². The first-order valence-corrected chi connectivity index (χ1v) is 9.28. The summed E-state index contributed by atoms with van der Waals surface area (Å²) in [4.78, 5) is 17.7. The summed E-state index contributed by atoms with van der Waals surface area (Å²) in [6, 6.07) is 6.35. The third-order valence-electron chi connectivity index (χ3n) is 4.18. The van der Waals surface area contributed by atoms with Crippen LogP contribution in [-0.2, 0) is 11.2 Å². The average molecular weight is 363 g/mol. The van der Waals surface area contributed by atoms with E-state index in [1.165, 1.54) is 23.5 Å². The van der Waals surface area contributed by atoms with Crippen LogP contribution in [0.25, 0.3) is 0 Å². The van der Waals surface area contributed by atoms with Crippen LogP contribution in [0.5, 0.6) is 0 Å². The first kappa shape index (κ1) is 17.8. The molecule has 1 saturated heterocycles. The van der Waals surface area contributed by atoms with Crippen LogP contribution in [0.4, 0.5) is 14.3 Å². The molecule has 1 atom stereocenters. The maximum Gasteiger partial charge on any atom is 0.321 e. The minimum Gasteiger partial charge on any atom is -0.381 e. The van der Waals surface area contributed by atoms with Gasteiger partial charge >= 0.3 is 6.03 Å². The van der Waals surface area contributed by atoms with Crippen LogP contribution in [-0.4, -0.2) is 30.3 Å². The van der Waals surface area contributed by atoms with Crippen LogP contribution in [0.3, 0.4) is 0 Å². The first-order valence-electron chi connectivity index (χ1n) is 8.46. The molecular formula is C18H22FN3O2S. The predicted octanol–water partition coefficient (Wildman–Crippen LogP) is 3.87. The molecule has 2 aromatic rings. The van der Waals surface area contributed by atoms with E-state index in [4.69, 9.17) is 4.74 Å². The Hall–Kier alpha value is -1.99. The molecule has 1 fully saturated rings. The third-order valence-corrected chi connectivity index (χ3v) is 5.25. The Bertz CT molecular complexity index is 710. The van der Waals surface area contributed by atoms with Gasteiger partial charge in [0.15, 0.2) is 5.13 Å². The number of halogens is 1. The first-order chi connectivity index (χ1) is 12.1. The Morgan fingerprint density at radius 2 is 2.12 bits per heavy atom. The van der Waals surface area contributed by atoms with Crippen LogP contribution in [0.1, 0.15) is 35.4 Å². The fourth-order valence-corrected chi connectivity index (χ4v) is 3.79. The van der Waals surface area contributed by atoms with Gasteiger partial charge in [-0.3, -0.25) is 5.32 Å². The van der Waals surface area contributed by atoms with Gasteiger partial charge in [-0.2, -0.15) is 0 Å². The molecule has 25 heavy (non-hydrogen) atoms. The molecule has 2 amide bonds. The quantitative estimate of drug-likeness (QED) is 0.867. The second-order valence-electron chi connectivity index (χ2n) is 6.17. The number of amides is 2. The van der Waals surface area contributed by atoms with Crippen molar-refractivity contribution in [2.75, 3.05) is 18.5 Å². The number of rotatable bonds is 4. The number of hydrogen-bond donors (Lipinski definition) is 2. The molecular weight excluding hydrogens is 341 g/mol. The third kappa shape index (κ3) is 5.24. The molecule has 2 N–H and O–H groups in total. The van der Waals surface area contributed by atoms with Crippen molar-refractivity contribution in [2.45, 2.75) is 38.6 Å². The fourth-order valence-electron chi connectivity index (χ4n) is 2.80. The zero-order chi connectivity index (χ0) is 17.6. The van der Waals surface area contributed by atoms with E-state index in [-0.39, 0.29) is 17.9 Å². The van der Waals surface area contributed by atoms with Crippen LogP contribution in [0.2, 0.25) is 0 Å². The van der Waals surface area contributed by atoms with Gasteiger partial charge in [-0.25, -0.2) is 14.2 Å². The molecule has 0 bridgehead atoms. The number of carbonyl (C=O) groups excluding carboxylic acids is 1. The molecule has 7 heteroatoms. The van der Waals surface area contributed by atoms with Gasteiger partial charge < -0.3 is 10.1 Å². The monoisotopic (exact) mass is 363 g/mol. The minimum atomic E-state index is -0.243. The van der Waals surface area contributed by atoms with Crippen molar-refractivity contribution < 1.29 is 13.9 Å². The highest BCUT2D eigenvalue weighted by Crippen LogP contribution is 2.25. The standard InChI is InChI=1S/C18H22FN3O2S/c1-12-16(11-13-4-6-14(19)7-5-13)25-18(20-12)22-17(23)21-15-3-2-9-24-10-8-15/h4-7,15H,2-3,8-11H2,1H3,(H2,20,21,22,23). The molecule has 0 saturated carbocycles. The molecule has 1 aliphatic rings. The van der Waals surface area contributed by atoms with Crippen LogP contribution < -0.4 is 10.6 Å². The molecule has 1 aliphatic heterocycles. The van der Waals surface area contributed by atoms with Crippen molar-refractivity contribution >= 4 is 22.5 Å². The van der Waals surface area contributed by atoms with Gasteiger partial charge in [0.2, 0.25) is 0 Å². The highest BCUT2D eigenvalue weighted by molar-refractivity contribution is 7.15. The lowest BCUT2D eigenvalue weighted by molar-refractivity contribution is 0.143. The molecule has 1 unspecified atom stereocenters. The summed E-state index contributed by atoms with van der Waals surface area (Å²) >= 11 is 1.45. The van der Waals surface area contributed by atoms with E-state index in [1.807, 2.05) is 6.92 Å². The summed E-state index contributed by atoms with van der Waals surface area (Å²) in [7, 11) is 0. The smallest absolute Gasteiger partial charge is 0.321 e. The number of urea groups is 1. The zero-order valence-corrected chi connectivity index (χ0v) is 15.0. The van der Waals surface area contributed by atoms with Crippen molar-refractivity contribution in [3.05, 3.63) is 46.2 Å². The number of thiazole rings is 1. The van der Waals surface area contributed by atoms with Crippen molar-refractivity contribution in [1.82, 2.24) is 10.3 Å². The molecule has 2 heterocycles. The summed E-state index contributed by atoms with van der Waals surface area (Å²) in [5, 5.41) is 6.39. The maximum atomic E-state index is 13.0. The lowest BCUT2D eigenvalue weighted by Crippen LogP contribution is -2.38. The number of carbonyl (C=O) groups is 1. The van der Waals surface area contributed by atoms with Crippen LogP contribution in [0, 0.1) is 12.7 Å². The number of ether oxygens (including phenoxy) is 1. The second kappa shape index (κ2) is 8.40. The normalized spacial score (nSPS) is 17.8. The number of nitrogens with one attached hydrogen (secondary N) is 2. The number of aryl methyl sites for hydroxylation is 1. The predicted molar refractivity (Wildman–Crippen MR) is 96.7 cm³/mol. The van der Waals surface area contributed by atoms with Gasteiger partial charge in [0.25, 0.3) is 0 Å². The SMILES string of the molecule is Cc1nc(NC(=O)NC2CCCOCC2)sc1Cc1ccc(F)cc1. The van der Waals surface area contributed by atoms with E-state index in [1.54, 1.807) is 12.1 Å². The highest BCUT2D eigenvalue weighted by Gasteiger charge is 2.16. The van der Waals surface area contributed by atoms with E-state index in [0.29, 0.717) is 18.2 Å². The van der Waals surface area contributed by atoms with Crippen molar-refractivity contribution in [1.29, 1.82) is 0 Å². The van der Waals surface area contributed by atoms with Crippen LogP contribution >= 0.6 is 11.3 Å². The van der Waals surface area contributed by atoms with Crippen LogP contribution in [0.15, 0.2) is 24.3 Å². The molecule has 0 spiro atoms. The van der Waals surface area contributed by atoms with Gasteiger partial charge in [0.05, 0.1) is 5.69 Å². The molecule has 0 radical (unpaired) electrons. The van der Waals surface area contributed by atoms with Gasteiger partial charge in [-0.15, -0.1) is 11.3 Å². The van der Waals surface area contributed by atoms with E-state index in [2.05, 4.69) is 15.6 Å². The number of aromatic nitrogens is 1. The summed E-state index contributed by atoms with van der Waals surface area (Å²) in [5.41, 5.74) is 1.90. The van der Waals surface area contributed by atoms with E-state index in [0.717, 1.165) is 42.0 Å². The van der Waals surface area contributed by atoms with Crippen molar-refractivity contribution in [2.24, 2.45) is 0 Å². The van der Waals surface area contributed by atoms with E-state index in [9.17, 15) is 9.18 Å². The molecule has 0 aliphatic carbocycles. The van der Waals surface area contributed by atoms with Gasteiger partial charge in [0, 0.05) is 30.6 Å². The van der Waals surface area contributed by atoms with Gasteiger partial charge in [0.1, 0.15) is 5.82 Å². The Balaban J connectivity index is 1.57. The van der Waals surface area contributed by atoms with Crippen molar-refractivity contribution in [3.8, 4) is 0 Å². The number of benzene rings is 1. The summed E-state index contributed by atoms with van der Waals surface area (Å²) in [5.74, 6) is -0.243. The fraction of sp³-hybridized carbons (Fsp3) is 0.444. The summed E-state index contributed by atoms with van der Waals surface area (Å²) in [6.45, 7) is 3.36.